The summed E-state index contributed by atoms with van der Waals surface area (Å²) < 4.78 is 43.5. The molecule has 4 heterocycles. The van der Waals surface area contributed by atoms with Gasteiger partial charge in [0.15, 0.2) is 17.9 Å². The van der Waals surface area contributed by atoms with Crippen LogP contribution in [0.3, 0.4) is 0 Å². The monoisotopic (exact) mass is 444 g/mol. The Morgan fingerprint density at radius 2 is 1.48 bits per heavy atom. The Kier molecular flexibility index (Phi) is 7.31. The molecule has 4 aliphatic heterocycles. The molecule has 8 heteroatoms. The van der Waals surface area contributed by atoms with E-state index in [2.05, 4.69) is 6.92 Å². The van der Waals surface area contributed by atoms with Crippen LogP contribution in [-0.2, 0) is 33.2 Å². The van der Waals surface area contributed by atoms with Crippen LogP contribution < -0.4 is 0 Å². The summed E-state index contributed by atoms with van der Waals surface area (Å²) in [6, 6.07) is 0. The van der Waals surface area contributed by atoms with Crippen molar-refractivity contribution in [2.75, 3.05) is 52.6 Å². The van der Waals surface area contributed by atoms with Crippen molar-refractivity contribution in [1.29, 1.82) is 0 Å². The molecule has 0 aromatic heterocycles. The zero-order valence-corrected chi connectivity index (χ0v) is 20.0. The first kappa shape index (κ1) is 23.8. The van der Waals surface area contributed by atoms with E-state index in [-0.39, 0.29) is 24.4 Å². The van der Waals surface area contributed by atoms with Gasteiger partial charge in [-0.15, -0.1) is 0 Å². The van der Waals surface area contributed by atoms with Crippen molar-refractivity contribution in [2.24, 2.45) is 0 Å². The minimum absolute atomic E-state index is 0.222. The summed E-state index contributed by atoms with van der Waals surface area (Å²) in [5, 5.41) is 0. The average molecular weight is 445 g/mol. The van der Waals surface area contributed by atoms with E-state index >= 15 is 0 Å². The Hall–Kier alpha value is -0.320. The van der Waals surface area contributed by atoms with Crippen LogP contribution in [0, 0.1) is 0 Å². The maximum atomic E-state index is 6.23. The Labute approximate surface area is 187 Å². The van der Waals surface area contributed by atoms with E-state index in [0.717, 1.165) is 43.8 Å². The molecule has 4 rings (SSSR count). The molecule has 5 unspecified atom stereocenters. The van der Waals surface area contributed by atoms with Gasteiger partial charge in [0, 0.05) is 6.42 Å². The Balaban J connectivity index is 1.28. The second kappa shape index (κ2) is 9.50. The Morgan fingerprint density at radius 3 is 2.23 bits per heavy atom. The molecule has 0 bridgehead atoms. The van der Waals surface area contributed by atoms with E-state index in [9.17, 15) is 0 Å². The van der Waals surface area contributed by atoms with Crippen LogP contribution >= 0.6 is 0 Å². The number of rotatable bonds is 9. The summed E-state index contributed by atoms with van der Waals surface area (Å²) in [6.07, 6.45) is 2.11. The molecule has 31 heavy (non-hydrogen) atoms. The number of hydrogen-bond donors (Lipinski definition) is 0. The fraction of sp³-hybridized carbons (Fsp3) is 1.00. The number of fused-ring (bicyclic) bond motifs is 3. The van der Waals surface area contributed by atoms with Gasteiger partial charge in [-0.05, 0) is 34.1 Å². The van der Waals surface area contributed by atoms with Crippen molar-refractivity contribution in [2.45, 2.75) is 96.2 Å². The van der Waals surface area contributed by atoms with Gasteiger partial charge in [0.25, 0.3) is 0 Å². The SMILES string of the molecule is CCCC[N+]1(CCCOCC2OC3OC(C)(C)OC3C3OC(C)(C)OC23)CCOCC1. The van der Waals surface area contributed by atoms with Gasteiger partial charge >= 0.3 is 0 Å². The second-order valence-electron chi connectivity index (χ2n) is 10.3. The fourth-order valence-electron chi connectivity index (χ4n) is 5.31. The molecule has 0 radical (unpaired) electrons. The lowest BCUT2D eigenvalue weighted by atomic mass is 9.99. The van der Waals surface area contributed by atoms with Crippen LogP contribution in [0.1, 0.15) is 53.9 Å². The van der Waals surface area contributed by atoms with E-state index in [1.807, 2.05) is 27.7 Å². The number of ether oxygens (including phenoxy) is 7. The number of unbranched alkanes of at least 4 members (excludes halogenated alkanes) is 1. The average Bonchev–Trinajstić information content (AvgIpc) is 3.21. The molecule has 0 saturated carbocycles. The zero-order chi connectivity index (χ0) is 22.1. The van der Waals surface area contributed by atoms with Gasteiger partial charge in [-0.1, -0.05) is 13.3 Å². The highest BCUT2D eigenvalue weighted by atomic mass is 16.9. The van der Waals surface area contributed by atoms with Crippen molar-refractivity contribution in [3.05, 3.63) is 0 Å². The third-order valence-corrected chi connectivity index (χ3v) is 6.86. The molecule has 4 fully saturated rings. The van der Waals surface area contributed by atoms with Crippen molar-refractivity contribution in [3.63, 3.8) is 0 Å². The largest absolute Gasteiger partial charge is 0.378 e. The highest BCUT2D eigenvalue weighted by Crippen LogP contribution is 2.44. The van der Waals surface area contributed by atoms with Crippen LogP contribution in [0.15, 0.2) is 0 Å². The lowest BCUT2D eigenvalue weighted by Crippen LogP contribution is -2.56. The van der Waals surface area contributed by atoms with E-state index in [1.165, 1.54) is 19.4 Å². The lowest BCUT2D eigenvalue weighted by Gasteiger charge is -2.41. The van der Waals surface area contributed by atoms with Gasteiger partial charge in [-0.3, -0.25) is 0 Å². The number of morpholine rings is 1. The van der Waals surface area contributed by atoms with Crippen LogP contribution in [0.2, 0.25) is 0 Å². The fourth-order valence-corrected chi connectivity index (χ4v) is 5.31. The van der Waals surface area contributed by atoms with Gasteiger partial charge in [0.2, 0.25) is 0 Å². The minimum Gasteiger partial charge on any atom is -0.378 e. The molecular weight excluding hydrogens is 402 g/mol. The molecular formula is C23H42NO7+. The first-order chi connectivity index (χ1) is 14.7. The second-order valence-corrected chi connectivity index (χ2v) is 10.3. The highest BCUT2D eigenvalue weighted by Gasteiger charge is 2.60. The van der Waals surface area contributed by atoms with Gasteiger partial charge in [0.05, 0.1) is 39.5 Å². The Morgan fingerprint density at radius 1 is 0.839 bits per heavy atom. The summed E-state index contributed by atoms with van der Waals surface area (Å²) in [7, 11) is 0. The van der Waals surface area contributed by atoms with E-state index in [1.54, 1.807) is 0 Å². The van der Waals surface area contributed by atoms with Crippen molar-refractivity contribution >= 4 is 0 Å². The molecule has 180 valence electrons. The van der Waals surface area contributed by atoms with E-state index in [0.29, 0.717) is 13.2 Å². The number of nitrogens with zero attached hydrogens (tertiary/aromatic N) is 1. The summed E-state index contributed by atoms with van der Waals surface area (Å²) in [5.74, 6) is -1.37. The third kappa shape index (κ3) is 5.61. The molecule has 5 atom stereocenters. The smallest absolute Gasteiger partial charge is 0.190 e. The minimum atomic E-state index is -0.694. The molecule has 0 N–H and O–H groups in total. The molecule has 8 nitrogen and oxygen atoms in total. The maximum Gasteiger partial charge on any atom is 0.190 e. The summed E-state index contributed by atoms with van der Waals surface area (Å²) in [6.45, 7) is 17.5. The normalized spacial score (nSPS) is 38.0. The predicted molar refractivity (Wildman–Crippen MR) is 113 cm³/mol. The molecule has 4 aliphatic rings. The lowest BCUT2D eigenvalue weighted by molar-refractivity contribution is -0.935. The van der Waals surface area contributed by atoms with Crippen LogP contribution in [0.25, 0.3) is 0 Å². The topological polar surface area (TPSA) is 64.6 Å². The van der Waals surface area contributed by atoms with Crippen LogP contribution in [-0.4, -0.2) is 99.4 Å². The molecule has 4 saturated heterocycles. The molecule has 0 amide bonds. The zero-order valence-electron chi connectivity index (χ0n) is 20.0. The first-order valence-electron chi connectivity index (χ1n) is 12.1. The molecule has 0 spiro atoms. The molecule has 0 aromatic carbocycles. The summed E-state index contributed by atoms with van der Waals surface area (Å²) in [5.41, 5.74) is 0. The van der Waals surface area contributed by atoms with E-state index < -0.39 is 17.9 Å². The maximum absolute atomic E-state index is 6.23. The van der Waals surface area contributed by atoms with E-state index in [4.69, 9.17) is 33.2 Å². The van der Waals surface area contributed by atoms with Crippen LogP contribution in [0.4, 0.5) is 0 Å². The number of hydrogen-bond acceptors (Lipinski definition) is 7. The van der Waals surface area contributed by atoms with Gasteiger partial charge in [0.1, 0.15) is 37.5 Å². The van der Waals surface area contributed by atoms with Crippen molar-refractivity contribution in [1.82, 2.24) is 0 Å². The highest BCUT2D eigenvalue weighted by molar-refractivity contribution is 5.00. The summed E-state index contributed by atoms with van der Waals surface area (Å²) >= 11 is 0. The number of quaternary nitrogens is 1. The van der Waals surface area contributed by atoms with Crippen LogP contribution in [0.5, 0.6) is 0 Å². The predicted octanol–water partition coefficient (Wildman–Crippen LogP) is 2.44. The summed E-state index contributed by atoms with van der Waals surface area (Å²) in [4.78, 5) is 0. The Bertz CT molecular complexity index is 592. The van der Waals surface area contributed by atoms with Gasteiger partial charge in [-0.2, -0.15) is 0 Å². The molecule has 0 aromatic rings. The standard InChI is InChI=1S/C23H42NO7/c1-6-7-9-24(11-14-25-15-12-24)10-8-13-26-16-17-18-19(29-22(2,3)28-18)20-21(27-17)31-23(4,5)30-20/h17-21H,6-16H2,1-5H3/q+1. The molecule has 0 aliphatic carbocycles. The first-order valence-corrected chi connectivity index (χ1v) is 12.1. The quantitative estimate of drug-likeness (QED) is 0.400. The van der Waals surface area contributed by atoms with Gasteiger partial charge in [-0.25, -0.2) is 0 Å². The third-order valence-electron chi connectivity index (χ3n) is 6.86. The van der Waals surface area contributed by atoms with Crippen molar-refractivity contribution < 1.29 is 37.6 Å². The van der Waals surface area contributed by atoms with Gasteiger partial charge < -0.3 is 37.6 Å². The van der Waals surface area contributed by atoms with Crippen molar-refractivity contribution in [3.8, 4) is 0 Å².